The second kappa shape index (κ2) is 2.62. The average Bonchev–Trinajstić information content (AvgIpc) is 2.34. The molecule has 1 aliphatic heterocycles. The van der Waals surface area contributed by atoms with Crippen LogP contribution in [0.4, 0.5) is 0 Å². The molecule has 1 aliphatic rings. The van der Waals surface area contributed by atoms with Crippen LogP contribution in [0.1, 0.15) is 13.3 Å². The van der Waals surface area contributed by atoms with E-state index in [2.05, 4.69) is 12.0 Å². The molecule has 1 heterocycles. The molecular weight excluding hydrogens is 114 g/mol. The van der Waals surface area contributed by atoms with Crippen molar-refractivity contribution in [2.24, 2.45) is 11.0 Å². The van der Waals surface area contributed by atoms with Crippen LogP contribution in [-0.4, -0.2) is 24.1 Å². The molecule has 0 bridgehead atoms. The van der Waals surface area contributed by atoms with Crippen molar-refractivity contribution >= 4 is 12.6 Å². The summed E-state index contributed by atoms with van der Waals surface area (Å²) in [4.78, 5) is 0. The van der Waals surface area contributed by atoms with Crippen LogP contribution in [0.15, 0.2) is 5.10 Å². The Hall–Kier alpha value is -0.860. The van der Waals surface area contributed by atoms with Crippen LogP contribution in [-0.2, 0) is 0 Å². The highest BCUT2D eigenvalue weighted by Crippen LogP contribution is 2.07. The molecule has 1 unspecified atom stereocenters. The minimum Gasteiger partial charge on any atom is -0.290 e. The van der Waals surface area contributed by atoms with Crippen LogP contribution >= 0.6 is 0 Å². The Kier molecular flexibility index (Phi) is 1.82. The Labute approximate surface area is 54.9 Å². The molecule has 1 rings (SSSR count). The fourth-order valence-electron chi connectivity index (χ4n) is 0.835. The van der Waals surface area contributed by atoms with Gasteiger partial charge in [0, 0.05) is 12.1 Å². The number of hydrazone groups is 1. The second-order valence-electron chi connectivity index (χ2n) is 2.18. The standard InChI is InChI=1S/C6H11N3/c1-2-6-3-8-9(4-6)5-7/h3,5-7H,2,4H2,1H3. The van der Waals surface area contributed by atoms with Gasteiger partial charge in [0.2, 0.25) is 0 Å². The van der Waals surface area contributed by atoms with Crippen molar-refractivity contribution < 1.29 is 0 Å². The van der Waals surface area contributed by atoms with Gasteiger partial charge in [0.05, 0.1) is 6.54 Å². The monoisotopic (exact) mass is 125 g/mol. The molecule has 1 N–H and O–H groups in total. The smallest absolute Gasteiger partial charge is 0.103 e. The topological polar surface area (TPSA) is 39.5 Å². The van der Waals surface area contributed by atoms with Gasteiger partial charge in [-0.25, -0.2) is 0 Å². The van der Waals surface area contributed by atoms with Crippen LogP contribution in [0, 0.1) is 11.3 Å². The summed E-state index contributed by atoms with van der Waals surface area (Å²) < 4.78 is 0. The molecule has 50 valence electrons. The highest BCUT2D eigenvalue weighted by atomic mass is 15.5. The van der Waals surface area contributed by atoms with Gasteiger partial charge in [-0.05, 0) is 6.42 Å². The van der Waals surface area contributed by atoms with Gasteiger partial charge in [-0.15, -0.1) is 0 Å². The van der Waals surface area contributed by atoms with Gasteiger partial charge in [0.25, 0.3) is 0 Å². The lowest BCUT2D eigenvalue weighted by molar-refractivity contribution is 0.450. The minimum atomic E-state index is 0.562. The van der Waals surface area contributed by atoms with Gasteiger partial charge in [-0.3, -0.25) is 10.4 Å². The van der Waals surface area contributed by atoms with Gasteiger partial charge >= 0.3 is 0 Å². The first-order valence-corrected chi connectivity index (χ1v) is 3.18. The normalized spacial score (nSPS) is 25.0. The van der Waals surface area contributed by atoms with Gasteiger partial charge in [-0.2, -0.15) is 5.10 Å². The minimum absolute atomic E-state index is 0.562. The molecule has 1 atom stereocenters. The molecule has 0 radical (unpaired) electrons. The Morgan fingerprint density at radius 3 is 3.11 bits per heavy atom. The third-order valence-electron chi connectivity index (χ3n) is 1.52. The summed E-state index contributed by atoms with van der Waals surface area (Å²) in [5, 5.41) is 12.5. The third-order valence-corrected chi connectivity index (χ3v) is 1.52. The number of hydrogen-bond acceptors (Lipinski definition) is 2. The fraction of sp³-hybridized carbons (Fsp3) is 0.667. The Morgan fingerprint density at radius 2 is 2.78 bits per heavy atom. The summed E-state index contributed by atoms with van der Waals surface area (Å²) in [7, 11) is 0. The van der Waals surface area contributed by atoms with Crippen LogP contribution in [0.25, 0.3) is 0 Å². The van der Waals surface area contributed by atoms with Crippen molar-refractivity contribution in [2.75, 3.05) is 6.54 Å². The number of rotatable bonds is 2. The van der Waals surface area contributed by atoms with E-state index in [4.69, 9.17) is 5.41 Å². The van der Waals surface area contributed by atoms with Crippen LogP contribution in [0.5, 0.6) is 0 Å². The summed E-state index contributed by atoms with van der Waals surface area (Å²) in [6.07, 6.45) is 4.28. The first-order chi connectivity index (χ1) is 4.36. The van der Waals surface area contributed by atoms with Crippen molar-refractivity contribution in [1.82, 2.24) is 5.01 Å². The molecule has 0 aromatic carbocycles. The SMILES string of the molecule is CCC1C=NN(C=N)C1. The summed E-state index contributed by atoms with van der Waals surface area (Å²) in [6.45, 7) is 3.02. The number of nitrogens with one attached hydrogen (secondary N) is 1. The Balaban J connectivity index is 2.39. The molecular formula is C6H11N3. The van der Waals surface area contributed by atoms with E-state index in [9.17, 15) is 0 Å². The van der Waals surface area contributed by atoms with E-state index < -0.39 is 0 Å². The van der Waals surface area contributed by atoms with Crippen molar-refractivity contribution in [2.45, 2.75) is 13.3 Å². The first kappa shape index (κ1) is 6.26. The zero-order valence-corrected chi connectivity index (χ0v) is 5.54. The van der Waals surface area contributed by atoms with Gasteiger partial charge in [-0.1, -0.05) is 6.92 Å². The van der Waals surface area contributed by atoms with Gasteiger partial charge in [0.1, 0.15) is 6.34 Å². The van der Waals surface area contributed by atoms with Crippen LogP contribution in [0.3, 0.4) is 0 Å². The summed E-state index contributed by atoms with van der Waals surface area (Å²) in [5.74, 6) is 0.562. The molecule has 0 aromatic heterocycles. The molecule has 3 heteroatoms. The maximum absolute atomic E-state index is 6.85. The van der Waals surface area contributed by atoms with E-state index in [0.29, 0.717) is 5.92 Å². The van der Waals surface area contributed by atoms with E-state index in [0.717, 1.165) is 13.0 Å². The summed E-state index contributed by atoms with van der Waals surface area (Å²) in [5.41, 5.74) is 0. The second-order valence-corrected chi connectivity index (χ2v) is 2.18. The highest BCUT2D eigenvalue weighted by Gasteiger charge is 2.12. The van der Waals surface area contributed by atoms with Crippen molar-refractivity contribution in [3.8, 4) is 0 Å². The van der Waals surface area contributed by atoms with Gasteiger partial charge in [0.15, 0.2) is 0 Å². The highest BCUT2D eigenvalue weighted by molar-refractivity contribution is 5.66. The number of hydrogen-bond donors (Lipinski definition) is 1. The predicted molar refractivity (Wildman–Crippen MR) is 37.8 cm³/mol. The lowest BCUT2D eigenvalue weighted by atomic mass is 10.1. The van der Waals surface area contributed by atoms with Crippen LogP contribution in [0.2, 0.25) is 0 Å². The zero-order chi connectivity index (χ0) is 6.69. The van der Waals surface area contributed by atoms with E-state index in [1.165, 1.54) is 6.34 Å². The molecule has 0 saturated heterocycles. The number of nitrogens with zero attached hydrogens (tertiary/aromatic N) is 2. The molecule has 0 aromatic rings. The van der Waals surface area contributed by atoms with E-state index >= 15 is 0 Å². The van der Waals surface area contributed by atoms with E-state index in [-0.39, 0.29) is 0 Å². The summed E-state index contributed by atoms with van der Waals surface area (Å²) >= 11 is 0. The molecule has 0 saturated carbocycles. The van der Waals surface area contributed by atoms with Gasteiger partial charge < -0.3 is 0 Å². The van der Waals surface area contributed by atoms with Crippen molar-refractivity contribution in [1.29, 1.82) is 5.41 Å². The molecule has 0 fully saturated rings. The lowest BCUT2D eigenvalue weighted by Crippen LogP contribution is -2.15. The van der Waals surface area contributed by atoms with E-state index in [1.807, 2.05) is 6.21 Å². The largest absolute Gasteiger partial charge is 0.290 e. The quantitative estimate of drug-likeness (QED) is 0.432. The maximum atomic E-state index is 6.85. The van der Waals surface area contributed by atoms with Crippen molar-refractivity contribution in [3.05, 3.63) is 0 Å². The molecule has 0 amide bonds. The zero-order valence-electron chi connectivity index (χ0n) is 5.54. The molecule has 9 heavy (non-hydrogen) atoms. The van der Waals surface area contributed by atoms with Crippen LogP contribution < -0.4 is 0 Å². The molecule has 0 spiro atoms. The Morgan fingerprint density at radius 1 is 2.00 bits per heavy atom. The van der Waals surface area contributed by atoms with E-state index in [1.54, 1.807) is 5.01 Å². The fourth-order valence-corrected chi connectivity index (χ4v) is 0.835. The molecule has 3 nitrogen and oxygen atoms in total. The first-order valence-electron chi connectivity index (χ1n) is 3.18. The third kappa shape index (κ3) is 1.28. The van der Waals surface area contributed by atoms with Crippen molar-refractivity contribution in [3.63, 3.8) is 0 Å². The lowest BCUT2D eigenvalue weighted by Gasteiger charge is -2.06. The average molecular weight is 125 g/mol. The molecule has 0 aliphatic carbocycles. The predicted octanol–water partition coefficient (Wildman–Crippen LogP) is 0.921. The maximum Gasteiger partial charge on any atom is 0.103 e. The summed E-state index contributed by atoms with van der Waals surface area (Å²) in [6, 6.07) is 0. The Bertz CT molecular complexity index is 130.